The lowest BCUT2D eigenvalue weighted by Gasteiger charge is -2.09. The minimum absolute atomic E-state index is 0. The van der Waals surface area contributed by atoms with Crippen LogP contribution in [0.4, 0.5) is 5.69 Å². The molecule has 0 saturated heterocycles. The summed E-state index contributed by atoms with van der Waals surface area (Å²) in [6.07, 6.45) is 0. The first-order valence-corrected chi connectivity index (χ1v) is 11.9. The van der Waals surface area contributed by atoms with Gasteiger partial charge in [0.15, 0.2) is 5.78 Å². The molecule has 0 aromatic heterocycles. The highest BCUT2D eigenvalue weighted by atomic mass is 32.2. The number of rotatable bonds is 3. The van der Waals surface area contributed by atoms with E-state index in [9.17, 15) is 14.7 Å². The Balaban J connectivity index is 0.000000307. The number of aliphatic imine (C=N–C) groups is 1. The van der Waals surface area contributed by atoms with Gasteiger partial charge in [-0.2, -0.15) is 0 Å². The molecule has 0 aliphatic carbocycles. The SMILES string of the molecule is C.CC(=O)c1ccccc1.CNC(=O)c1ccc2c(c1)N=C(c1ccc(O)cc1)c1ccccc1S2. The number of phenols is 1. The van der Waals surface area contributed by atoms with Crippen LogP contribution in [-0.2, 0) is 0 Å². The summed E-state index contributed by atoms with van der Waals surface area (Å²) in [5.74, 6) is 0.199. The Morgan fingerprint density at radius 2 is 1.47 bits per heavy atom. The second kappa shape index (κ2) is 12.0. The third-order valence-corrected chi connectivity index (χ3v) is 6.50. The van der Waals surface area contributed by atoms with Gasteiger partial charge in [0.25, 0.3) is 5.91 Å². The third kappa shape index (κ3) is 6.09. The van der Waals surface area contributed by atoms with Gasteiger partial charge in [0.05, 0.1) is 11.4 Å². The van der Waals surface area contributed by atoms with Crippen LogP contribution in [0.1, 0.15) is 46.2 Å². The molecule has 36 heavy (non-hydrogen) atoms. The van der Waals surface area contributed by atoms with Gasteiger partial charge in [-0.15, -0.1) is 0 Å². The number of carbonyl (C=O) groups is 2. The molecule has 0 unspecified atom stereocenters. The van der Waals surface area contributed by atoms with Crippen molar-refractivity contribution in [2.45, 2.75) is 24.1 Å². The number of amides is 1. The van der Waals surface area contributed by atoms with Crippen molar-refractivity contribution < 1.29 is 14.7 Å². The molecule has 1 aliphatic rings. The number of phenolic OH excluding ortho intramolecular Hbond substituents is 1. The number of aromatic hydroxyl groups is 1. The summed E-state index contributed by atoms with van der Waals surface area (Å²) >= 11 is 1.64. The van der Waals surface area contributed by atoms with Crippen molar-refractivity contribution in [3.63, 3.8) is 0 Å². The van der Waals surface area contributed by atoms with Crippen LogP contribution in [0.5, 0.6) is 5.75 Å². The van der Waals surface area contributed by atoms with E-state index in [2.05, 4.69) is 11.4 Å². The Morgan fingerprint density at radius 3 is 2.11 bits per heavy atom. The van der Waals surface area contributed by atoms with Gasteiger partial charge in [-0.05, 0) is 55.5 Å². The molecule has 0 atom stereocenters. The van der Waals surface area contributed by atoms with E-state index < -0.39 is 0 Å². The number of nitrogens with zero attached hydrogens (tertiary/aromatic N) is 1. The molecule has 0 spiro atoms. The van der Waals surface area contributed by atoms with Crippen LogP contribution in [0.25, 0.3) is 0 Å². The summed E-state index contributed by atoms with van der Waals surface area (Å²) in [5.41, 5.74) is 4.87. The zero-order chi connectivity index (χ0) is 24.8. The van der Waals surface area contributed by atoms with Crippen LogP contribution in [0.2, 0.25) is 0 Å². The Kier molecular flexibility index (Phi) is 8.81. The molecule has 0 saturated carbocycles. The van der Waals surface area contributed by atoms with Gasteiger partial charge < -0.3 is 10.4 Å². The monoisotopic (exact) mass is 496 g/mol. The molecule has 0 bridgehead atoms. The molecule has 2 N–H and O–H groups in total. The van der Waals surface area contributed by atoms with Crippen LogP contribution >= 0.6 is 11.8 Å². The molecule has 0 fully saturated rings. The summed E-state index contributed by atoms with van der Waals surface area (Å²) in [4.78, 5) is 29.6. The number of fused-ring (bicyclic) bond motifs is 2. The normalized spacial score (nSPS) is 11.2. The topological polar surface area (TPSA) is 78.8 Å². The fourth-order valence-corrected chi connectivity index (χ4v) is 4.54. The molecule has 0 radical (unpaired) electrons. The van der Waals surface area contributed by atoms with E-state index in [-0.39, 0.29) is 24.9 Å². The van der Waals surface area contributed by atoms with E-state index >= 15 is 0 Å². The highest BCUT2D eigenvalue weighted by Crippen LogP contribution is 2.41. The van der Waals surface area contributed by atoms with Crippen molar-refractivity contribution in [3.8, 4) is 5.75 Å². The second-order valence-corrected chi connectivity index (χ2v) is 8.87. The molecular formula is C30H28N2O3S. The van der Waals surface area contributed by atoms with E-state index in [1.807, 2.05) is 78.9 Å². The van der Waals surface area contributed by atoms with Gasteiger partial charge in [0.2, 0.25) is 0 Å². The zero-order valence-corrected chi connectivity index (χ0v) is 20.2. The fraction of sp³-hybridized carbons (Fsp3) is 0.100. The number of Topliss-reactive ketones (excluding diaryl/α,β-unsaturated/α-hetero) is 1. The first kappa shape index (κ1) is 26.4. The van der Waals surface area contributed by atoms with Crippen LogP contribution in [-0.4, -0.2) is 29.6 Å². The van der Waals surface area contributed by atoms with Gasteiger partial charge in [-0.1, -0.05) is 67.7 Å². The molecule has 5 rings (SSSR count). The van der Waals surface area contributed by atoms with Crippen molar-refractivity contribution in [2.75, 3.05) is 7.05 Å². The van der Waals surface area contributed by atoms with Crippen LogP contribution in [0, 0.1) is 0 Å². The summed E-state index contributed by atoms with van der Waals surface area (Å²) in [6, 6.07) is 29.9. The van der Waals surface area contributed by atoms with E-state index in [4.69, 9.17) is 4.99 Å². The number of carbonyl (C=O) groups excluding carboxylic acids is 2. The predicted octanol–water partition coefficient (Wildman–Crippen LogP) is 6.91. The molecule has 182 valence electrons. The second-order valence-electron chi connectivity index (χ2n) is 7.79. The smallest absolute Gasteiger partial charge is 0.251 e. The Bertz CT molecular complexity index is 1400. The molecular weight excluding hydrogens is 468 g/mol. The highest BCUT2D eigenvalue weighted by molar-refractivity contribution is 7.99. The van der Waals surface area contributed by atoms with Gasteiger partial charge >= 0.3 is 0 Å². The minimum Gasteiger partial charge on any atom is -0.508 e. The number of nitrogens with one attached hydrogen (secondary N) is 1. The Morgan fingerprint density at radius 1 is 0.806 bits per heavy atom. The highest BCUT2D eigenvalue weighted by Gasteiger charge is 2.19. The largest absolute Gasteiger partial charge is 0.508 e. The van der Waals surface area contributed by atoms with Crippen molar-refractivity contribution >= 4 is 34.9 Å². The maximum Gasteiger partial charge on any atom is 0.251 e. The zero-order valence-electron chi connectivity index (χ0n) is 19.4. The summed E-state index contributed by atoms with van der Waals surface area (Å²) in [5, 5.41) is 12.2. The first-order valence-electron chi connectivity index (χ1n) is 11.0. The summed E-state index contributed by atoms with van der Waals surface area (Å²) in [6.45, 7) is 1.56. The van der Waals surface area contributed by atoms with E-state index in [0.717, 1.165) is 37.9 Å². The van der Waals surface area contributed by atoms with Crippen molar-refractivity contribution in [1.29, 1.82) is 0 Å². The molecule has 1 aliphatic heterocycles. The van der Waals surface area contributed by atoms with Gasteiger partial charge in [-0.25, -0.2) is 4.99 Å². The third-order valence-electron chi connectivity index (χ3n) is 5.36. The van der Waals surface area contributed by atoms with E-state index in [1.54, 1.807) is 37.9 Å². The number of hydrogen-bond acceptors (Lipinski definition) is 5. The lowest BCUT2D eigenvalue weighted by Crippen LogP contribution is -2.17. The number of benzene rings is 4. The number of hydrogen-bond donors (Lipinski definition) is 2. The van der Waals surface area contributed by atoms with E-state index in [0.29, 0.717) is 5.56 Å². The molecule has 1 heterocycles. The Hall–Kier alpha value is -4.16. The Labute approximate surface area is 215 Å². The quantitative estimate of drug-likeness (QED) is 0.266. The van der Waals surface area contributed by atoms with Gasteiger partial charge in [0, 0.05) is 39.1 Å². The molecule has 1 amide bonds. The van der Waals surface area contributed by atoms with Crippen LogP contribution < -0.4 is 5.32 Å². The summed E-state index contributed by atoms with van der Waals surface area (Å²) < 4.78 is 0. The lowest BCUT2D eigenvalue weighted by molar-refractivity contribution is 0.0961. The number of ketones is 1. The van der Waals surface area contributed by atoms with Gasteiger partial charge in [-0.3, -0.25) is 9.59 Å². The molecule has 6 heteroatoms. The standard InChI is InChI=1S/C21H16N2O2S.C8H8O.CH4/c1-22-21(25)14-8-11-19-17(12-14)23-20(13-6-9-15(24)10-7-13)16-4-2-3-5-18(16)26-19;1-7(9)8-5-3-2-4-6-8;/h2-12,24H,1H3,(H,22,25);2-6H,1H3;1H4. The molecule has 4 aromatic carbocycles. The fourth-order valence-electron chi connectivity index (χ4n) is 3.54. The average molecular weight is 497 g/mol. The maximum absolute atomic E-state index is 12.0. The first-order chi connectivity index (χ1) is 17.0. The van der Waals surface area contributed by atoms with Crippen molar-refractivity contribution in [3.05, 3.63) is 119 Å². The minimum atomic E-state index is -0.138. The van der Waals surface area contributed by atoms with Crippen LogP contribution in [0.15, 0.2) is 112 Å². The van der Waals surface area contributed by atoms with Crippen molar-refractivity contribution in [1.82, 2.24) is 5.32 Å². The predicted molar refractivity (Wildman–Crippen MR) is 147 cm³/mol. The van der Waals surface area contributed by atoms with Crippen molar-refractivity contribution in [2.24, 2.45) is 4.99 Å². The average Bonchev–Trinajstić information content (AvgIpc) is 3.06. The van der Waals surface area contributed by atoms with Gasteiger partial charge in [0.1, 0.15) is 5.75 Å². The van der Waals surface area contributed by atoms with Crippen LogP contribution in [0.3, 0.4) is 0 Å². The molecule has 4 aromatic rings. The molecule has 5 nitrogen and oxygen atoms in total. The lowest BCUT2D eigenvalue weighted by atomic mass is 10.0. The summed E-state index contributed by atoms with van der Waals surface area (Å²) in [7, 11) is 1.61. The van der Waals surface area contributed by atoms with E-state index in [1.165, 1.54) is 0 Å². The maximum atomic E-state index is 12.0.